The van der Waals surface area contributed by atoms with Crippen molar-refractivity contribution in [3.63, 3.8) is 0 Å². The molecular formula is C15H18Cl2O. The number of carbonyl (C=O) groups is 1. The molecule has 0 spiro atoms. The number of carbonyl (C=O) groups excluding carboxylic acids is 1. The number of halogens is 2. The van der Waals surface area contributed by atoms with Gasteiger partial charge in [-0.15, -0.1) is 11.6 Å². The van der Waals surface area contributed by atoms with Crippen LogP contribution in [0.4, 0.5) is 0 Å². The maximum atomic E-state index is 10.9. The van der Waals surface area contributed by atoms with Gasteiger partial charge in [0, 0.05) is 11.5 Å². The normalized spacial score (nSPS) is 13.2. The Hall–Kier alpha value is -0.790. The Morgan fingerprint density at radius 3 is 2.17 bits per heavy atom. The lowest BCUT2D eigenvalue weighted by Crippen LogP contribution is -2.10. The van der Waals surface area contributed by atoms with Gasteiger partial charge in [-0.25, -0.2) is 0 Å². The summed E-state index contributed by atoms with van der Waals surface area (Å²) >= 11 is 11.8. The van der Waals surface area contributed by atoms with Crippen LogP contribution >= 0.6 is 23.2 Å². The summed E-state index contributed by atoms with van der Waals surface area (Å²) in [6.07, 6.45) is 1.27. The molecule has 0 unspecified atom stereocenters. The molecule has 0 aliphatic heterocycles. The minimum atomic E-state index is 0.109. The quantitative estimate of drug-likeness (QED) is 0.443. The lowest BCUT2D eigenvalue weighted by Gasteiger charge is -2.19. The average molecular weight is 285 g/mol. The van der Waals surface area contributed by atoms with Crippen LogP contribution in [0.3, 0.4) is 0 Å². The molecule has 0 bridgehead atoms. The molecule has 0 heterocycles. The first-order valence-corrected chi connectivity index (χ1v) is 6.82. The van der Waals surface area contributed by atoms with Crippen molar-refractivity contribution in [1.29, 1.82) is 0 Å². The maximum absolute atomic E-state index is 10.9. The number of hydrogen-bond acceptors (Lipinski definition) is 1. The van der Waals surface area contributed by atoms with Crippen LogP contribution in [-0.2, 0) is 10.2 Å². The van der Waals surface area contributed by atoms with Gasteiger partial charge in [0.25, 0.3) is 0 Å². The molecule has 1 aromatic carbocycles. The van der Waals surface area contributed by atoms with E-state index in [4.69, 9.17) is 23.2 Å². The third kappa shape index (κ3) is 3.86. The molecule has 3 heteroatoms. The molecular weight excluding hydrogens is 267 g/mol. The zero-order valence-electron chi connectivity index (χ0n) is 11.0. The molecule has 0 radical (unpaired) electrons. The van der Waals surface area contributed by atoms with E-state index in [9.17, 15) is 4.79 Å². The second-order valence-electron chi connectivity index (χ2n) is 5.22. The van der Waals surface area contributed by atoms with Gasteiger partial charge in [-0.1, -0.05) is 56.6 Å². The lowest BCUT2D eigenvalue weighted by atomic mass is 9.86. The van der Waals surface area contributed by atoms with Gasteiger partial charge in [0.1, 0.15) is 6.29 Å². The summed E-state index contributed by atoms with van der Waals surface area (Å²) in [5.74, 6) is 0.393. The number of alkyl halides is 1. The van der Waals surface area contributed by atoms with Crippen LogP contribution in [-0.4, -0.2) is 12.2 Å². The van der Waals surface area contributed by atoms with Gasteiger partial charge in [0.2, 0.25) is 0 Å². The summed E-state index contributed by atoms with van der Waals surface area (Å²) in [6, 6.07) is 7.98. The van der Waals surface area contributed by atoms with Crippen molar-refractivity contribution in [1.82, 2.24) is 0 Å². The molecule has 0 amide bonds. The highest BCUT2D eigenvalue weighted by Crippen LogP contribution is 2.28. The van der Waals surface area contributed by atoms with Crippen LogP contribution in [0.25, 0.3) is 5.03 Å². The Morgan fingerprint density at radius 1 is 1.22 bits per heavy atom. The van der Waals surface area contributed by atoms with Gasteiger partial charge < -0.3 is 0 Å². The van der Waals surface area contributed by atoms with Crippen molar-refractivity contribution in [3.05, 3.63) is 41.0 Å². The molecule has 0 N–H and O–H groups in total. The highest BCUT2D eigenvalue weighted by atomic mass is 35.5. The molecule has 0 saturated carbocycles. The van der Waals surface area contributed by atoms with E-state index in [0.717, 1.165) is 11.8 Å². The fraction of sp³-hybridized carbons (Fsp3) is 0.400. The smallest absolute Gasteiger partial charge is 0.147 e. The SMILES string of the molecule is CC(C)(C)c1ccc(C(Cl)=C(C=O)CCCl)cc1. The number of hydrogen-bond donors (Lipinski definition) is 0. The number of aldehydes is 1. The van der Waals surface area contributed by atoms with E-state index >= 15 is 0 Å². The summed E-state index contributed by atoms with van der Waals surface area (Å²) in [5, 5.41) is 0.492. The summed E-state index contributed by atoms with van der Waals surface area (Å²) in [6.45, 7) is 6.47. The monoisotopic (exact) mass is 284 g/mol. The number of rotatable bonds is 4. The molecule has 1 rings (SSSR count). The fourth-order valence-electron chi connectivity index (χ4n) is 1.62. The Labute approximate surface area is 119 Å². The van der Waals surface area contributed by atoms with Crippen LogP contribution in [0.5, 0.6) is 0 Å². The van der Waals surface area contributed by atoms with Gasteiger partial charge >= 0.3 is 0 Å². The highest BCUT2D eigenvalue weighted by Gasteiger charge is 2.14. The van der Waals surface area contributed by atoms with Crippen molar-refractivity contribution < 1.29 is 4.79 Å². The van der Waals surface area contributed by atoms with E-state index < -0.39 is 0 Å². The van der Waals surface area contributed by atoms with Crippen LogP contribution in [0.15, 0.2) is 29.8 Å². The lowest BCUT2D eigenvalue weighted by molar-refractivity contribution is -0.104. The topological polar surface area (TPSA) is 17.1 Å². The second-order valence-corrected chi connectivity index (χ2v) is 5.98. The summed E-state index contributed by atoms with van der Waals surface area (Å²) in [4.78, 5) is 10.9. The second kappa shape index (κ2) is 6.40. The molecule has 98 valence electrons. The highest BCUT2D eigenvalue weighted by molar-refractivity contribution is 6.50. The minimum Gasteiger partial charge on any atom is -0.298 e. The zero-order chi connectivity index (χ0) is 13.8. The predicted molar refractivity (Wildman–Crippen MR) is 79.3 cm³/mol. The fourth-order valence-corrected chi connectivity index (χ4v) is 2.09. The van der Waals surface area contributed by atoms with Gasteiger partial charge in [-0.3, -0.25) is 4.79 Å². The Bertz CT molecular complexity index is 439. The van der Waals surface area contributed by atoms with Crippen molar-refractivity contribution >= 4 is 34.5 Å². The molecule has 1 nitrogen and oxygen atoms in total. The van der Waals surface area contributed by atoms with E-state index in [0.29, 0.717) is 22.9 Å². The molecule has 0 aliphatic rings. The largest absolute Gasteiger partial charge is 0.298 e. The van der Waals surface area contributed by atoms with Crippen LogP contribution in [0, 0.1) is 0 Å². The molecule has 0 aliphatic carbocycles. The summed E-state index contributed by atoms with van der Waals surface area (Å²) < 4.78 is 0. The number of allylic oxidation sites excluding steroid dienone is 1. The Kier molecular flexibility index (Phi) is 5.43. The number of benzene rings is 1. The van der Waals surface area contributed by atoms with Crippen molar-refractivity contribution in [2.75, 3.05) is 5.88 Å². The minimum absolute atomic E-state index is 0.109. The van der Waals surface area contributed by atoms with Crippen LogP contribution in [0.2, 0.25) is 0 Å². The van der Waals surface area contributed by atoms with Gasteiger partial charge in [-0.2, -0.15) is 0 Å². The van der Waals surface area contributed by atoms with E-state index in [1.807, 2.05) is 24.3 Å². The van der Waals surface area contributed by atoms with Crippen molar-refractivity contribution in [2.45, 2.75) is 32.6 Å². The van der Waals surface area contributed by atoms with Crippen LogP contribution in [0.1, 0.15) is 38.3 Å². The van der Waals surface area contributed by atoms with E-state index in [-0.39, 0.29) is 5.41 Å². The first kappa shape index (κ1) is 15.3. The molecule has 0 fully saturated rings. The molecule has 0 saturated heterocycles. The van der Waals surface area contributed by atoms with E-state index in [1.165, 1.54) is 5.56 Å². The van der Waals surface area contributed by atoms with E-state index in [2.05, 4.69) is 20.8 Å². The first-order valence-electron chi connectivity index (χ1n) is 5.91. The molecule has 0 atom stereocenters. The van der Waals surface area contributed by atoms with Crippen LogP contribution < -0.4 is 0 Å². The maximum Gasteiger partial charge on any atom is 0.147 e. The molecule has 1 aromatic rings. The Morgan fingerprint density at radius 2 is 1.78 bits per heavy atom. The third-order valence-electron chi connectivity index (χ3n) is 2.79. The third-order valence-corrected chi connectivity index (χ3v) is 3.44. The van der Waals surface area contributed by atoms with Crippen molar-refractivity contribution in [2.24, 2.45) is 0 Å². The van der Waals surface area contributed by atoms with Gasteiger partial charge in [0.05, 0.1) is 5.03 Å². The van der Waals surface area contributed by atoms with Crippen molar-refractivity contribution in [3.8, 4) is 0 Å². The van der Waals surface area contributed by atoms with Gasteiger partial charge in [-0.05, 0) is 23.0 Å². The molecule has 18 heavy (non-hydrogen) atoms. The zero-order valence-corrected chi connectivity index (χ0v) is 12.5. The van der Waals surface area contributed by atoms with E-state index in [1.54, 1.807) is 0 Å². The summed E-state index contributed by atoms with van der Waals surface area (Å²) in [7, 11) is 0. The summed E-state index contributed by atoms with van der Waals surface area (Å²) in [5.41, 5.74) is 2.76. The predicted octanol–water partition coefficient (Wildman–Crippen LogP) is 4.76. The first-order chi connectivity index (χ1) is 8.40. The molecule has 0 aromatic heterocycles. The Balaban J connectivity index is 3.08. The average Bonchev–Trinajstić information content (AvgIpc) is 2.34. The van der Waals surface area contributed by atoms with Gasteiger partial charge in [0.15, 0.2) is 0 Å². The standard InChI is InChI=1S/C15H18Cl2O/c1-15(2,3)13-6-4-11(5-7-13)14(17)12(10-18)8-9-16/h4-7,10H,8-9H2,1-3H3.